The van der Waals surface area contributed by atoms with E-state index in [4.69, 9.17) is 9.47 Å². The molecule has 1 aliphatic carbocycles. The zero-order valence-corrected chi connectivity index (χ0v) is 16.8. The summed E-state index contributed by atoms with van der Waals surface area (Å²) in [6.45, 7) is 9.22. The molecule has 148 valence electrons. The number of nitrogens with one attached hydrogen (secondary N) is 1. The van der Waals surface area contributed by atoms with Crippen molar-refractivity contribution in [3.63, 3.8) is 0 Å². The topological polar surface area (TPSA) is 63.1 Å². The molecule has 2 aromatic rings. The van der Waals surface area contributed by atoms with Crippen molar-refractivity contribution in [2.24, 2.45) is 4.99 Å². The fraction of sp³-hybridized carbons (Fsp3) is 0.348. The molecule has 5 nitrogen and oxygen atoms in total. The van der Waals surface area contributed by atoms with Gasteiger partial charge in [-0.05, 0) is 56.0 Å². The summed E-state index contributed by atoms with van der Waals surface area (Å²) in [6.07, 6.45) is 1.20. The summed E-state index contributed by atoms with van der Waals surface area (Å²) in [6, 6.07) is 11.8. The second-order valence-corrected chi connectivity index (χ2v) is 6.63. The number of benzene rings is 2. The molecule has 1 atom stereocenters. The normalized spacial score (nSPS) is 15.9. The Balaban J connectivity index is 1.85. The lowest BCUT2D eigenvalue weighted by atomic mass is 10.0. The van der Waals surface area contributed by atoms with Crippen molar-refractivity contribution in [2.45, 2.75) is 32.8 Å². The van der Waals surface area contributed by atoms with E-state index in [0.717, 1.165) is 52.4 Å². The number of ether oxygens (including phenoxy) is 2. The molecule has 0 radical (unpaired) electrons. The highest BCUT2D eigenvalue weighted by molar-refractivity contribution is 6.04. The predicted octanol–water partition coefficient (Wildman–Crippen LogP) is 4.10. The molecule has 0 saturated carbocycles. The second kappa shape index (κ2) is 8.93. The minimum Gasteiger partial charge on any atom is -0.490 e. The summed E-state index contributed by atoms with van der Waals surface area (Å²) in [4.78, 5) is 4.44. The van der Waals surface area contributed by atoms with Gasteiger partial charge in [-0.3, -0.25) is 4.99 Å². The van der Waals surface area contributed by atoms with Crippen LogP contribution in [0.3, 0.4) is 0 Å². The fourth-order valence-corrected chi connectivity index (χ4v) is 3.55. The number of hydrogen-bond donors (Lipinski definition) is 2. The standard InChI is InChI=1S/C23H28N2O3/c1-5-27-21-13-10-16(14-22(21)28-6-2)15(3)25-23(24-4)19-9-7-8-18-17(19)11-12-20(18)26/h7-10,13-14,20,26H,3,5-6,11-12H2,1-2,4H3,(H,24,25). The maximum Gasteiger partial charge on any atom is 0.161 e. The van der Waals surface area contributed by atoms with Gasteiger partial charge in [-0.2, -0.15) is 0 Å². The second-order valence-electron chi connectivity index (χ2n) is 6.63. The number of rotatable bonds is 7. The Morgan fingerprint density at radius 3 is 2.64 bits per heavy atom. The van der Waals surface area contributed by atoms with Gasteiger partial charge in [-0.25, -0.2) is 0 Å². The fourth-order valence-electron chi connectivity index (χ4n) is 3.55. The van der Waals surface area contributed by atoms with Crippen LogP contribution in [-0.2, 0) is 6.42 Å². The molecule has 1 unspecified atom stereocenters. The summed E-state index contributed by atoms with van der Waals surface area (Å²) >= 11 is 0. The Morgan fingerprint density at radius 1 is 1.18 bits per heavy atom. The SMILES string of the molecule is C=C(NC(=NC)c1cccc2c1CCC2O)c1ccc(OCC)c(OCC)c1. The minimum absolute atomic E-state index is 0.392. The van der Waals surface area contributed by atoms with Gasteiger partial charge in [0, 0.05) is 23.9 Å². The first kappa shape index (κ1) is 20.0. The van der Waals surface area contributed by atoms with Crippen LogP contribution in [-0.4, -0.2) is 31.2 Å². The van der Waals surface area contributed by atoms with Gasteiger partial charge >= 0.3 is 0 Å². The van der Waals surface area contributed by atoms with Crippen molar-refractivity contribution in [3.05, 3.63) is 65.2 Å². The number of aliphatic hydroxyl groups excluding tert-OH is 1. The van der Waals surface area contributed by atoms with Crippen LogP contribution in [0.1, 0.15) is 48.6 Å². The summed E-state index contributed by atoms with van der Waals surface area (Å²) in [5.74, 6) is 2.16. The van der Waals surface area contributed by atoms with Crippen LogP contribution in [0.15, 0.2) is 48.0 Å². The number of hydrogen-bond acceptors (Lipinski definition) is 4. The van der Waals surface area contributed by atoms with Gasteiger partial charge in [-0.15, -0.1) is 0 Å². The van der Waals surface area contributed by atoms with Crippen LogP contribution in [0.2, 0.25) is 0 Å². The largest absolute Gasteiger partial charge is 0.490 e. The third kappa shape index (κ3) is 4.04. The van der Waals surface area contributed by atoms with Gasteiger partial charge in [-0.1, -0.05) is 24.8 Å². The molecule has 0 amide bonds. The van der Waals surface area contributed by atoms with E-state index < -0.39 is 6.10 Å². The molecule has 0 fully saturated rings. The first-order valence-electron chi connectivity index (χ1n) is 9.71. The van der Waals surface area contributed by atoms with E-state index in [1.165, 1.54) is 0 Å². The maximum absolute atomic E-state index is 10.2. The van der Waals surface area contributed by atoms with Crippen LogP contribution in [0.5, 0.6) is 11.5 Å². The molecule has 0 aliphatic heterocycles. The van der Waals surface area contributed by atoms with Crippen molar-refractivity contribution < 1.29 is 14.6 Å². The van der Waals surface area contributed by atoms with Gasteiger partial charge in [0.05, 0.1) is 19.3 Å². The molecule has 2 aromatic carbocycles. The number of amidine groups is 1. The number of nitrogens with zero attached hydrogens (tertiary/aromatic N) is 1. The Bertz CT molecular complexity index is 889. The lowest BCUT2D eigenvalue weighted by molar-refractivity contribution is 0.180. The first-order chi connectivity index (χ1) is 13.6. The van der Waals surface area contributed by atoms with E-state index >= 15 is 0 Å². The van der Waals surface area contributed by atoms with Crippen molar-refractivity contribution in [1.82, 2.24) is 5.32 Å². The lowest BCUT2D eigenvalue weighted by Crippen LogP contribution is -2.24. The molecule has 0 aromatic heterocycles. The number of aliphatic hydroxyl groups is 1. The van der Waals surface area contributed by atoms with E-state index in [9.17, 15) is 5.11 Å². The molecule has 5 heteroatoms. The maximum atomic E-state index is 10.2. The van der Waals surface area contributed by atoms with Gasteiger partial charge in [0.2, 0.25) is 0 Å². The zero-order valence-electron chi connectivity index (χ0n) is 16.8. The van der Waals surface area contributed by atoms with Crippen molar-refractivity contribution in [3.8, 4) is 11.5 Å². The molecule has 28 heavy (non-hydrogen) atoms. The Morgan fingerprint density at radius 2 is 1.93 bits per heavy atom. The van der Waals surface area contributed by atoms with Crippen molar-refractivity contribution in [1.29, 1.82) is 0 Å². The summed E-state index contributed by atoms with van der Waals surface area (Å²) in [5, 5.41) is 13.5. The molecular weight excluding hydrogens is 352 g/mol. The summed E-state index contributed by atoms with van der Waals surface area (Å²) in [5.41, 5.74) is 4.78. The third-order valence-electron chi connectivity index (χ3n) is 4.88. The van der Waals surface area contributed by atoms with E-state index in [1.807, 2.05) is 50.2 Å². The molecule has 0 heterocycles. The minimum atomic E-state index is -0.392. The smallest absolute Gasteiger partial charge is 0.161 e. The van der Waals surface area contributed by atoms with Crippen LogP contribution < -0.4 is 14.8 Å². The quantitative estimate of drug-likeness (QED) is 0.561. The Labute approximate surface area is 166 Å². The third-order valence-corrected chi connectivity index (χ3v) is 4.88. The molecular formula is C23H28N2O3. The van der Waals surface area contributed by atoms with Crippen LogP contribution in [0.25, 0.3) is 5.70 Å². The Hall–Kier alpha value is -2.79. The first-order valence-corrected chi connectivity index (χ1v) is 9.71. The monoisotopic (exact) mass is 380 g/mol. The van der Waals surface area contributed by atoms with Gasteiger partial charge in [0.1, 0.15) is 5.84 Å². The number of fused-ring (bicyclic) bond motifs is 1. The summed E-state index contributed by atoms with van der Waals surface area (Å²) in [7, 11) is 1.75. The van der Waals surface area contributed by atoms with Crippen LogP contribution in [0, 0.1) is 0 Å². The number of aliphatic imine (C=N–C) groups is 1. The van der Waals surface area contributed by atoms with Gasteiger partial charge < -0.3 is 19.9 Å². The predicted molar refractivity (Wildman–Crippen MR) is 113 cm³/mol. The average Bonchev–Trinajstić information content (AvgIpc) is 3.09. The van der Waals surface area contributed by atoms with E-state index in [2.05, 4.69) is 16.9 Å². The highest BCUT2D eigenvalue weighted by Crippen LogP contribution is 2.34. The molecule has 2 N–H and O–H groups in total. The zero-order chi connectivity index (χ0) is 20.1. The molecule has 0 spiro atoms. The molecule has 1 aliphatic rings. The molecule has 0 saturated heterocycles. The highest BCUT2D eigenvalue weighted by Gasteiger charge is 2.24. The van der Waals surface area contributed by atoms with Crippen LogP contribution in [0.4, 0.5) is 0 Å². The molecule has 0 bridgehead atoms. The lowest BCUT2D eigenvalue weighted by Gasteiger charge is -2.17. The van der Waals surface area contributed by atoms with Crippen LogP contribution >= 0.6 is 0 Å². The molecule has 3 rings (SSSR count). The van der Waals surface area contributed by atoms with Gasteiger partial charge in [0.25, 0.3) is 0 Å². The highest BCUT2D eigenvalue weighted by atomic mass is 16.5. The van der Waals surface area contributed by atoms with Crippen molar-refractivity contribution >= 4 is 11.5 Å². The Kier molecular flexibility index (Phi) is 6.37. The van der Waals surface area contributed by atoms with Gasteiger partial charge in [0.15, 0.2) is 11.5 Å². The van der Waals surface area contributed by atoms with E-state index in [-0.39, 0.29) is 0 Å². The van der Waals surface area contributed by atoms with Crippen molar-refractivity contribution in [2.75, 3.05) is 20.3 Å². The summed E-state index contributed by atoms with van der Waals surface area (Å²) < 4.78 is 11.4. The van der Waals surface area contributed by atoms with E-state index in [1.54, 1.807) is 7.05 Å². The van der Waals surface area contributed by atoms with E-state index in [0.29, 0.717) is 19.0 Å². The average molecular weight is 380 g/mol.